The van der Waals surface area contributed by atoms with Gasteiger partial charge in [-0.2, -0.15) is 4.39 Å². The van der Waals surface area contributed by atoms with E-state index in [1.165, 1.54) is 12.3 Å². The minimum absolute atomic E-state index is 0. The van der Waals surface area contributed by atoms with Crippen LogP contribution in [0.1, 0.15) is 0 Å². The predicted octanol–water partition coefficient (Wildman–Crippen LogP) is 1.38. The lowest BCUT2D eigenvalue weighted by Gasteiger charge is -1.78. The van der Waals surface area contributed by atoms with Crippen LogP contribution in [0.25, 0.3) is 0 Å². The maximum absolute atomic E-state index is 11.8. The van der Waals surface area contributed by atoms with E-state index >= 15 is 0 Å². The third-order valence-electron chi connectivity index (χ3n) is 0.629. The summed E-state index contributed by atoms with van der Waals surface area (Å²) in [7, 11) is 0. The van der Waals surface area contributed by atoms with Crippen molar-refractivity contribution < 1.29 is 4.39 Å². The van der Waals surface area contributed by atoms with Crippen molar-refractivity contribution in [2.45, 2.75) is 0 Å². The average molecular weight is 114 g/mol. The van der Waals surface area contributed by atoms with E-state index in [4.69, 9.17) is 0 Å². The van der Waals surface area contributed by atoms with E-state index in [2.05, 4.69) is 4.98 Å². The Morgan fingerprint density at radius 3 is 2.38 bits per heavy atom. The summed E-state index contributed by atoms with van der Waals surface area (Å²) < 4.78 is 11.8. The molecule has 0 aliphatic heterocycles. The fourth-order valence-corrected chi connectivity index (χ4v) is 0.342. The Hall–Kier alpha value is -0.960. The van der Waals surface area contributed by atoms with E-state index in [0.29, 0.717) is 0 Å². The van der Waals surface area contributed by atoms with Gasteiger partial charge in [-0.3, -0.25) is 0 Å². The molecule has 0 saturated carbocycles. The third-order valence-corrected chi connectivity index (χ3v) is 0.629. The summed E-state index contributed by atoms with van der Waals surface area (Å²) >= 11 is 0. The molecule has 8 heavy (non-hydrogen) atoms. The van der Waals surface area contributed by atoms with Gasteiger partial charge in [0.15, 0.2) is 0 Å². The highest BCUT2D eigenvalue weighted by molar-refractivity contribution is 4.90. The predicted molar refractivity (Wildman–Crippen MR) is 29.2 cm³/mol. The number of hydrogen-bond acceptors (Lipinski definition) is 2. The maximum Gasteiger partial charge on any atom is 0.212 e. The standard InChI is InChI=1S/C5H4FN.H3N/c6-5-3-1-2-4-7-5;/h1-4H;1H3. The van der Waals surface area contributed by atoms with Gasteiger partial charge in [-0.25, -0.2) is 4.98 Å². The van der Waals surface area contributed by atoms with Crippen molar-refractivity contribution in [1.29, 1.82) is 0 Å². The van der Waals surface area contributed by atoms with Gasteiger partial charge in [0, 0.05) is 6.20 Å². The molecule has 0 unspecified atom stereocenters. The van der Waals surface area contributed by atoms with Gasteiger partial charge >= 0.3 is 0 Å². The summed E-state index contributed by atoms with van der Waals surface area (Å²) in [6.45, 7) is 0. The van der Waals surface area contributed by atoms with Crippen molar-refractivity contribution in [2.24, 2.45) is 0 Å². The normalized spacial score (nSPS) is 7.62. The molecule has 0 bridgehead atoms. The minimum Gasteiger partial charge on any atom is -0.344 e. The van der Waals surface area contributed by atoms with Crippen molar-refractivity contribution in [3.05, 3.63) is 30.3 Å². The molecular weight excluding hydrogens is 107 g/mol. The van der Waals surface area contributed by atoms with Crippen molar-refractivity contribution >= 4 is 0 Å². The zero-order valence-corrected chi connectivity index (χ0v) is 4.34. The van der Waals surface area contributed by atoms with Crippen molar-refractivity contribution in [1.82, 2.24) is 11.1 Å². The molecule has 2 nitrogen and oxygen atoms in total. The Labute approximate surface area is 47.0 Å². The van der Waals surface area contributed by atoms with E-state index in [-0.39, 0.29) is 6.15 Å². The number of nitrogens with zero attached hydrogens (tertiary/aromatic N) is 1. The van der Waals surface area contributed by atoms with Crippen LogP contribution in [0, 0.1) is 5.95 Å². The number of rotatable bonds is 0. The Bertz CT molecular complexity index is 140. The first-order chi connectivity index (χ1) is 3.39. The fraction of sp³-hybridized carbons (Fsp3) is 0. The van der Waals surface area contributed by atoms with Crippen molar-refractivity contribution in [3.63, 3.8) is 0 Å². The number of hydrogen-bond donors (Lipinski definition) is 1. The monoisotopic (exact) mass is 114 g/mol. The van der Waals surface area contributed by atoms with Crippen LogP contribution in [0.15, 0.2) is 24.4 Å². The molecule has 3 N–H and O–H groups in total. The van der Waals surface area contributed by atoms with Crippen LogP contribution in [0.3, 0.4) is 0 Å². The van der Waals surface area contributed by atoms with Gasteiger partial charge in [-0.1, -0.05) is 6.07 Å². The van der Waals surface area contributed by atoms with E-state index in [1.807, 2.05) is 0 Å². The molecule has 1 rings (SSSR count). The molecule has 3 heteroatoms. The van der Waals surface area contributed by atoms with Crippen molar-refractivity contribution in [2.75, 3.05) is 0 Å². The van der Waals surface area contributed by atoms with Crippen LogP contribution in [-0.2, 0) is 0 Å². The Morgan fingerprint density at radius 2 is 2.12 bits per heavy atom. The topological polar surface area (TPSA) is 47.9 Å². The fourth-order valence-electron chi connectivity index (χ4n) is 0.342. The molecular formula is C5H7FN2. The molecule has 0 aliphatic rings. The lowest BCUT2D eigenvalue weighted by Crippen LogP contribution is -1.73. The quantitative estimate of drug-likeness (QED) is 0.518. The van der Waals surface area contributed by atoms with Crippen LogP contribution < -0.4 is 6.15 Å². The van der Waals surface area contributed by atoms with Gasteiger partial charge in [0.25, 0.3) is 0 Å². The SMILES string of the molecule is Fc1ccccn1.N. The van der Waals surface area contributed by atoms with Crippen LogP contribution in [0.2, 0.25) is 0 Å². The summed E-state index contributed by atoms with van der Waals surface area (Å²) in [5, 5.41) is 0. The number of pyridine rings is 1. The van der Waals surface area contributed by atoms with Crippen LogP contribution in [-0.4, -0.2) is 4.98 Å². The van der Waals surface area contributed by atoms with Crippen molar-refractivity contribution in [3.8, 4) is 0 Å². The lowest BCUT2D eigenvalue weighted by molar-refractivity contribution is 0.584. The van der Waals surface area contributed by atoms with Gasteiger partial charge in [0.05, 0.1) is 0 Å². The molecule has 0 spiro atoms. The number of aromatic nitrogens is 1. The molecule has 0 atom stereocenters. The molecule has 1 aromatic rings. The zero-order chi connectivity index (χ0) is 5.11. The highest BCUT2D eigenvalue weighted by Gasteiger charge is 1.78. The summed E-state index contributed by atoms with van der Waals surface area (Å²) in [5.41, 5.74) is 0. The minimum atomic E-state index is -0.428. The van der Waals surface area contributed by atoms with E-state index < -0.39 is 5.95 Å². The summed E-state index contributed by atoms with van der Waals surface area (Å²) in [4.78, 5) is 3.31. The molecule has 0 fully saturated rings. The molecule has 1 heterocycles. The lowest BCUT2D eigenvalue weighted by atomic mass is 10.5. The largest absolute Gasteiger partial charge is 0.344 e. The summed E-state index contributed by atoms with van der Waals surface area (Å²) in [6, 6.07) is 4.57. The zero-order valence-electron chi connectivity index (χ0n) is 4.34. The molecule has 0 amide bonds. The average Bonchev–Trinajstić information content (AvgIpc) is 1.69. The van der Waals surface area contributed by atoms with Gasteiger partial charge in [0.2, 0.25) is 5.95 Å². The second kappa shape index (κ2) is 3.10. The summed E-state index contributed by atoms with van der Waals surface area (Å²) in [6.07, 6.45) is 1.41. The molecule has 1 aromatic heterocycles. The molecule has 0 aromatic carbocycles. The van der Waals surface area contributed by atoms with E-state index in [1.54, 1.807) is 12.1 Å². The molecule has 44 valence electrons. The number of halogens is 1. The van der Waals surface area contributed by atoms with Gasteiger partial charge in [0.1, 0.15) is 0 Å². The van der Waals surface area contributed by atoms with E-state index in [0.717, 1.165) is 0 Å². The van der Waals surface area contributed by atoms with Gasteiger partial charge in [-0.15, -0.1) is 0 Å². The smallest absolute Gasteiger partial charge is 0.212 e. The highest BCUT2D eigenvalue weighted by atomic mass is 19.1. The van der Waals surface area contributed by atoms with Crippen LogP contribution in [0.4, 0.5) is 4.39 Å². The Balaban J connectivity index is 0.000000490. The second-order valence-electron chi connectivity index (χ2n) is 1.15. The maximum atomic E-state index is 11.8. The molecule has 0 saturated heterocycles. The Morgan fingerprint density at radius 1 is 1.38 bits per heavy atom. The third kappa shape index (κ3) is 1.66. The van der Waals surface area contributed by atoms with Gasteiger partial charge in [-0.05, 0) is 12.1 Å². The Kier molecular flexibility index (Phi) is 2.72. The molecule has 0 radical (unpaired) electrons. The van der Waals surface area contributed by atoms with Crippen LogP contribution >= 0.6 is 0 Å². The molecule has 0 aliphatic carbocycles. The van der Waals surface area contributed by atoms with E-state index in [9.17, 15) is 4.39 Å². The van der Waals surface area contributed by atoms with Gasteiger partial charge < -0.3 is 6.15 Å². The summed E-state index contributed by atoms with van der Waals surface area (Å²) in [5.74, 6) is -0.428. The first-order valence-electron chi connectivity index (χ1n) is 1.96. The first-order valence-corrected chi connectivity index (χ1v) is 1.96. The first kappa shape index (κ1) is 7.04. The highest BCUT2D eigenvalue weighted by Crippen LogP contribution is 1.85. The second-order valence-corrected chi connectivity index (χ2v) is 1.15. The van der Waals surface area contributed by atoms with Crippen LogP contribution in [0.5, 0.6) is 0 Å².